The normalized spacial score (nSPS) is 11.6. The molecule has 30 heavy (non-hydrogen) atoms. The Hall–Kier alpha value is -3.62. The maximum Gasteiger partial charge on any atom is 0.317 e. The lowest BCUT2D eigenvalue weighted by Crippen LogP contribution is -2.28. The fraction of sp³-hybridized carbons (Fsp3) is 0.200. The highest BCUT2D eigenvalue weighted by Crippen LogP contribution is 2.28. The summed E-state index contributed by atoms with van der Waals surface area (Å²) in [6, 6.07) is 27.4. The molecule has 5 heteroatoms. The Morgan fingerprint density at radius 2 is 1.60 bits per heavy atom. The highest BCUT2D eigenvalue weighted by Gasteiger charge is 2.15. The van der Waals surface area contributed by atoms with Crippen molar-refractivity contribution < 1.29 is 14.6 Å². The lowest BCUT2D eigenvalue weighted by molar-refractivity contribution is -0.138. The molecule has 152 valence electrons. The Morgan fingerprint density at radius 1 is 1.00 bits per heavy atom. The van der Waals surface area contributed by atoms with Crippen molar-refractivity contribution in [2.75, 3.05) is 20.1 Å². The van der Waals surface area contributed by atoms with Gasteiger partial charge in [0.1, 0.15) is 11.9 Å². The molecular formula is C25H24N2O3. The summed E-state index contributed by atoms with van der Waals surface area (Å²) in [6.45, 7) is 0.607. The minimum atomic E-state index is -0.840. The van der Waals surface area contributed by atoms with E-state index in [2.05, 4.69) is 6.07 Å². The standard InChI is InChI=1S/C25H24N2O3/c1-27(18-25(28)29)16-15-24(22-5-3-2-4-6-22)30-23-13-11-21(12-14-23)20-9-7-19(17-26)8-10-20/h2-14,24H,15-16,18H2,1H3,(H,28,29). The van der Waals surface area contributed by atoms with E-state index < -0.39 is 5.97 Å². The number of carboxylic acids is 1. The SMILES string of the molecule is CN(CCC(Oc1ccc(-c2ccc(C#N)cc2)cc1)c1ccccc1)CC(=O)O. The summed E-state index contributed by atoms with van der Waals surface area (Å²) in [6.07, 6.45) is 0.494. The van der Waals surface area contributed by atoms with E-state index in [1.807, 2.05) is 66.7 Å². The van der Waals surface area contributed by atoms with Gasteiger partial charge in [0.25, 0.3) is 0 Å². The number of hydrogen-bond donors (Lipinski definition) is 1. The number of aliphatic carboxylic acids is 1. The van der Waals surface area contributed by atoms with Crippen LogP contribution in [0.2, 0.25) is 0 Å². The summed E-state index contributed by atoms with van der Waals surface area (Å²) in [5.74, 6) is -0.0878. The number of hydrogen-bond acceptors (Lipinski definition) is 4. The molecule has 1 N–H and O–H groups in total. The molecule has 0 aliphatic carbocycles. The van der Waals surface area contributed by atoms with E-state index in [1.54, 1.807) is 24.1 Å². The van der Waals surface area contributed by atoms with Crippen molar-refractivity contribution >= 4 is 5.97 Å². The van der Waals surface area contributed by atoms with Crippen molar-refractivity contribution in [3.63, 3.8) is 0 Å². The zero-order valence-corrected chi connectivity index (χ0v) is 16.9. The molecule has 3 rings (SSSR count). The highest BCUT2D eigenvalue weighted by atomic mass is 16.5. The van der Waals surface area contributed by atoms with Gasteiger partial charge in [-0.25, -0.2) is 0 Å². The molecule has 0 radical (unpaired) electrons. The Morgan fingerprint density at radius 3 is 2.17 bits per heavy atom. The molecule has 5 nitrogen and oxygen atoms in total. The third-order valence-corrected chi connectivity index (χ3v) is 4.83. The van der Waals surface area contributed by atoms with Crippen LogP contribution in [0.3, 0.4) is 0 Å². The summed E-state index contributed by atoms with van der Waals surface area (Å²) >= 11 is 0. The second kappa shape index (κ2) is 10.2. The number of nitriles is 1. The number of ether oxygens (including phenoxy) is 1. The van der Waals surface area contributed by atoms with Crippen LogP contribution < -0.4 is 4.74 Å². The largest absolute Gasteiger partial charge is 0.486 e. The molecule has 0 saturated carbocycles. The molecule has 0 saturated heterocycles. The van der Waals surface area contributed by atoms with E-state index in [0.29, 0.717) is 18.5 Å². The number of nitrogens with zero attached hydrogens (tertiary/aromatic N) is 2. The van der Waals surface area contributed by atoms with Crippen LogP contribution in [-0.2, 0) is 4.79 Å². The summed E-state index contributed by atoms with van der Waals surface area (Å²) in [7, 11) is 1.79. The predicted molar refractivity (Wildman–Crippen MR) is 116 cm³/mol. The van der Waals surface area contributed by atoms with Crippen molar-refractivity contribution in [1.29, 1.82) is 5.26 Å². The first kappa shape index (κ1) is 21.1. The van der Waals surface area contributed by atoms with Gasteiger partial charge in [0, 0.05) is 13.0 Å². The Labute approximate surface area is 176 Å². The summed E-state index contributed by atoms with van der Waals surface area (Å²) in [5, 5.41) is 17.9. The van der Waals surface area contributed by atoms with Gasteiger partial charge < -0.3 is 9.84 Å². The van der Waals surface area contributed by atoms with Crippen LogP contribution >= 0.6 is 0 Å². The molecule has 3 aromatic rings. The minimum Gasteiger partial charge on any atom is -0.486 e. The van der Waals surface area contributed by atoms with Crippen LogP contribution in [0.15, 0.2) is 78.9 Å². The van der Waals surface area contributed by atoms with E-state index in [1.165, 1.54) is 0 Å². The van der Waals surface area contributed by atoms with Crippen LogP contribution in [0.25, 0.3) is 11.1 Å². The molecule has 3 aromatic carbocycles. The fourth-order valence-electron chi connectivity index (χ4n) is 3.24. The average molecular weight is 400 g/mol. The topological polar surface area (TPSA) is 73.6 Å². The van der Waals surface area contributed by atoms with Crippen molar-refractivity contribution in [3.05, 3.63) is 90.0 Å². The van der Waals surface area contributed by atoms with Crippen molar-refractivity contribution in [1.82, 2.24) is 4.90 Å². The van der Waals surface area contributed by atoms with Crippen LogP contribution in [0, 0.1) is 11.3 Å². The molecule has 0 fully saturated rings. The maximum atomic E-state index is 10.9. The summed E-state index contributed by atoms with van der Waals surface area (Å²) in [5.41, 5.74) is 3.77. The maximum absolute atomic E-state index is 10.9. The number of benzene rings is 3. The predicted octanol–water partition coefficient (Wildman–Crippen LogP) is 4.75. The van der Waals surface area contributed by atoms with Crippen LogP contribution in [0.5, 0.6) is 5.75 Å². The first-order valence-corrected chi connectivity index (χ1v) is 9.77. The van der Waals surface area contributed by atoms with Gasteiger partial charge in [-0.1, -0.05) is 54.6 Å². The molecular weight excluding hydrogens is 376 g/mol. The average Bonchev–Trinajstić information content (AvgIpc) is 2.77. The van der Waals surface area contributed by atoms with Crippen molar-refractivity contribution in [3.8, 4) is 22.9 Å². The zero-order valence-electron chi connectivity index (χ0n) is 16.9. The first-order chi connectivity index (χ1) is 14.5. The zero-order chi connectivity index (χ0) is 21.3. The van der Waals surface area contributed by atoms with E-state index >= 15 is 0 Å². The molecule has 0 aromatic heterocycles. The van der Waals surface area contributed by atoms with Gasteiger partial charge >= 0.3 is 5.97 Å². The van der Waals surface area contributed by atoms with E-state index in [9.17, 15) is 4.79 Å². The van der Waals surface area contributed by atoms with Crippen molar-refractivity contribution in [2.45, 2.75) is 12.5 Å². The number of rotatable bonds is 9. The van der Waals surface area contributed by atoms with Crippen LogP contribution in [0.1, 0.15) is 23.7 Å². The number of carboxylic acid groups (broad SMARTS) is 1. The lowest BCUT2D eigenvalue weighted by Gasteiger charge is -2.22. The molecule has 0 heterocycles. The quantitative estimate of drug-likeness (QED) is 0.561. The van der Waals surface area contributed by atoms with Gasteiger partial charge in [-0.2, -0.15) is 5.26 Å². The van der Waals surface area contributed by atoms with Crippen LogP contribution in [-0.4, -0.2) is 36.1 Å². The first-order valence-electron chi connectivity index (χ1n) is 9.77. The van der Waals surface area contributed by atoms with E-state index in [4.69, 9.17) is 15.1 Å². The van der Waals surface area contributed by atoms with Gasteiger partial charge in [-0.05, 0) is 48.0 Å². The van der Waals surface area contributed by atoms with Gasteiger partial charge in [0.15, 0.2) is 0 Å². The van der Waals surface area contributed by atoms with Gasteiger partial charge in [0.05, 0.1) is 18.2 Å². The number of carbonyl (C=O) groups is 1. The lowest BCUT2D eigenvalue weighted by atomic mass is 10.0. The summed E-state index contributed by atoms with van der Waals surface area (Å²) in [4.78, 5) is 12.7. The molecule has 0 amide bonds. The monoisotopic (exact) mass is 400 g/mol. The van der Waals surface area contributed by atoms with E-state index in [0.717, 1.165) is 22.4 Å². The third kappa shape index (κ3) is 5.94. The second-order valence-corrected chi connectivity index (χ2v) is 7.15. The third-order valence-electron chi connectivity index (χ3n) is 4.83. The molecule has 1 atom stereocenters. The number of likely N-dealkylation sites (N-methyl/N-ethyl adjacent to an activating group) is 1. The highest BCUT2D eigenvalue weighted by molar-refractivity contribution is 5.69. The minimum absolute atomic E-state index is 0.000792. The second-order valence-electron chi connectivity index (χ2n) is 7.15. The fourth-order valence-corrected chi connectivity index (χ4v) is 3.24. The Kier molecular flexibility index (Phi) is 7.20. The molecule has 0 aliphatic heterocycles. The van der Waals surface area contributed by atoms with Gasteiger partial charge in [-0.3, -0.25) is 9.69 Å². The van der Waals surface area contributed by atoms with E-state index in [-0.39, 0.29) is 12.6 Å². The van der Waals surface area contributed by atoms with Gasteiger partial charge in [-0.15, -0.1) is 0 Å². The molecule has 0 spiro atoms. The van der Waals surface area contributed by atoms with Crippen molar-refractivity contribution in [2.24, 2.45) is 0 Å². The summed E-state index contributed by atoms with van der Waals surface area (Å²) < 4.78 is 6.27. The Balaban J connectivity index is 1.71. The van der Waals surface area contributed by atoms with Gasteiger partial charge in [0.2, 0.25) is 0 Å². The molecule has 0 aliphatic rings. The van der Waals surface area contributed by atoms with Crippen LogP contribution in [0.4, 0.5) is 0 Å². The Bertz CT molecular complexity index is 993. The molecule has 0 bridgehead atoms. The molecule has 1 unspecified atom stereocenters. The smallest absolute Gasteiger partial charge is 0.317 e.